The Hall–Kier alpha value is -1.73. The second kappa shape index (κ2) is 4.67. The Labute approximate surface area is 92.3 Å². The van der Waals surface area contributed by atoms with E-state index in [9.17, 15) is 4.79 Å². The van der Waals surface area contributed by atoms with Crippen LogP contribution in [0.3, 0.4) is 0 Å². The van der Waals surface area contributed by atoms with Crippen molar-refractivity contribution in [3.05, 3.63) is 28.8 Å². The molecule has 0 aliphatic rings. The molecule has 5 heteroatoms. The second-order valence-corrected chi connectivity index (χ2v) is 3.46. The van der Waals surface area contributed by atoms with Gasteiger partial charge in [-0.05, 0) is 18.2 Å². The van der Waals surface area contributed by atoms with E-state index in [0.29, 0.717) is 16.3 Å². The third kappa shape index (κ3) is 2.86. The summed E-state index contributed by atoms with van der Waals surface area (Å²) in [5.74, 6) is -0.957. The van der Waals surface area contributed by atoms with E-state index in [4.69, 9.17) is 22.0 Å². The quantitative estimate of drug-likeness (QED) is 0.849. The first kappa shape index (κ1) is 11.3. The molecule has 0 heterocycles. The molecule has 0 unspecified atom stereocenters. The summed E-state index contributed by atoms with van der Waals surface area (Å²) in [5.41, 5.74) is 0.926. The summed E-state index contributed by atoms with van der Waals surface area (Å²) in [6, 6.07) is 6.72. The largest absolute Gasteiger partial charge is 0.480 e. The van der Waals surface area contributed by atoms with Crippen LogP contribution < -0.4 is 4.90 Å². The van der Waals surface area contributed by atoms with Gasteiger partial charge in [0.1, 0.15) is 12.6 Å². The molecule has 1 aromatic carbocycles. The van der Waals surface area contributed by atoms with Crippen molar-refractivity contribution < 1.29 is 9.90 Å². The first-order valence-electron chi connectivity index (χ1n) is 4.17. The minimum atomic E-state index is -0.957. The Bertz CT molecular complexity index is 426. The van der Waals surface area contributed by atoms with Gasteiger partial charge in [-0.2, -0.15) is 5.26 Å². The molecule has 0 amide bonds. The maximum Gasteiger partial charge on any atom is 0.323 e. The van der Waals surface area contributed by atoms with Crippen LogP contribution in [0.25, 0.3) is 0 Å². The fourth-order valence-electron chi connectivity index (χ4n) is 1.20. The number of hydrogen-bond donors (Lipinski definition) is 1. The number of nitrogens with zero attached hydrogens (tertiary/aromatic N) is 2. The van der Waals surface area contributed by atoms with Crippen molar-refractivity contribution in [3.8, 4) is 6.07 Å². The molecule has 0 bridgehead atoms. The van der Waals surface area contributed by atoms with Crippen molar-refractivity contribution in [2.24, 2.45) is 0 Å². The van der Waals surface area contributed by atoms with Crippen LogP contribution in [0.1, 0.15) is 5.56 Å². The Morgan fingerprint density at radius 3 is 2.87 bits per heavy atom. The van der Waals surface area contributed by atoms with Gasteiger partial charge < -0.3 is 10.0 Å². The first-order chi connectivity index (χ1) is 7.04. The Morgan fingerprint density at radius 2 is 2.33 bits per heavy atom. The van der Waals surface area contributed by atoms with Crippen molar-refractivity contribution in [1.82, 2.24) is 0 Å². The third-order valence-electron chi connectivity index (χ3n) is 1.86. The summed E-state index contributed by atoms with van der Waals surface area (Å²) in [6.45, 7) is -0.172. The lowest BCUT2D eigenvalue weighted by Crippen LogP contribution is -2.25. The van der Waals surface area contributed by atoms with Gasteiger partial charge in [-0.3, -0.25) is 4.79 Å². The Morgan fingerprint density at radius 1 is 1.67 bits per heavy atom. The molecule has 15 heavy (non-hydrogen) atoms. The topological polar surface area (TPSA) is 64.3 Å². The molecule has 1 rings (SSSR count). The number of carboxylic acids is 1. The van der Waals surface area contributed by atoms with Crippen LogP contribution in [-0.4, -0.2) is 24.7 Å². The van der Waals surface area contributed by atoms with E-state index in [1.165, 1.54) is 4.90 Å². The van der Waals surface area contributed by atoms with Gasteiger partial charge >= 0.3 is 5.97 Å². The van der Waals surface area contributed by atoms with Crippen molar-refractivity contribution in [2.75, 3.05) is 18.5 Å². The number of benzene rings is 1. The molecule has 0 radical (unpaired) electrons. The maximum atomic E-state index is 10.5. The number of aliphatic carboxylic acids is 1. The molecule has 0 aliphatic carbocycles. The molecule has 78 valence electrons. The van der Waals surface area contributed by atoms with E-state index < -0.39 is 5.97 Å². The molecular weight excluding hydrogens is 216 g/mol. The molecule has 0 saturated heterocycles. The standard InChI is InChI=1S/C10H9ClN2O2/c1-13(6-10(14)15)9-4-8(11)3-2-7(9)5-12/h2-4H,6H2,1H3,(H,14,15). The summed E-state index contributed by atoms with van der Waals surface area (Å²) in [6.07, 6.45) is 0. The monoisotopic (exact) mass is 224 g/mol. The third-order valence-corrected chi connectivity index (χ3v) is 2.10. The summed E-state index contributed by atoms with van der Waals surface area (Å²) in [7, 11) is 1.60. The molecule has 0 aliphatic heterocycles. The van der Waals surface area contributed by atoms with Crippen LogP contribution in [0.5, 0.6) is 0 Å². The van der Waals surface area contributed by atoms with Gasteiger partial charge in [-0.15, -0.1) is 0 Å². The maximum absolute atomic E-state index is 10.5. The van der Waals surface area contributed by atoms with Crippen molar-refractivity contribution in [3.63, 3.8) is 0 Å². The lowest BCUT2D eigenvalue weighted by atomic mass is 10.2. The van der Waals surface area contributed by atoms with E-state index in [1.54, 1.807) is 25.2 Å². The van der Waals surface area contributed by atoms with Crippen molar-refractivity contribution in [2.45, 2.75) is 0 Å². The van der Waals surface area contributed by atoms with Gasteiger partial charge in [0.15, 0.2) is 0 Å². The number of hydrogen-bond acceptors (Lipinski definition) is 3. The van der Waals surface area contributed by atoms with Crippen LogP contribution in [0.4, 0.5) is 5.69 Å². The minimum absolute atomic E-state index is 0.172. The van der Waals surface area contributed by atoms with Crippen molar-refractivity contribution in [1.29, 1.82) is 5.26 Å². The van der Waals surface area contributed by atoms with Crippen molar-refractivity contribution >= 4 is 23.3 Å². The number of nitriles is 1. The van der Waals surface area contributed by atoms with E-state index in [-0.39, 0.29) is 6.54 Å². The molecule has 0 aromatic heterocycles. The highest BCUT2D eigenvalue weighted by molar-refractivity contribution is 6.30. The molecule has 0 saturated carbocycles. The normalized spacial score (nSPS) is 9.40. The molecule has 0 fully saturated rings. The predicted octanol–water partition coefficient (Wildman–Crippen LogP) is 1.73. The zero-order valence-corrected chi connectivity index (χ0v) is 8.82. The van der Waals surface area contributed by atoms with Gasteiger partial charge in [0.05, 0.1) is 11.3 Å². The molecule has 4 nitrogen and oxygen atoms in total. The molecule has 0 spiro atoms. The summed E-state index contributed by atoms with van der Waals surface area (Å²) < 4.78 is 0. The molecular formula is C10H9ClN2O2. The van der Waals surface area contributed by atoms with Gasteiger partial charge in [0.2, 0.25) is 0 Å². The van der Waals surface area contributed by atoms with Gasteiger partial charge in [-0.25, -0.2) is 0 Å². The van der Waals surface area contributed by atoms with E-state index in [0.717, 1.165) is 0 Å². The van der Waals surface area contributed by atoms with E-state index >= 15 is 0 Å². The molecule has 0 atom stereocenters. The number of carboxylic acid groups (broad SMARTS) is 1. The molecule has 1 N–H and O–H groups in total. The zero-order valence-electron chi connectivity index (χ0n) is 8.07. The lowest BCUT2D eigenvalue weighted by Gasteiger charge is -2.18. The Kier molecular flexibility index (Phi) is 3.53. The lowest BCUT2D eigenvalue weighted by molar-refractivity contribution is -0.135. The average molecular weight is 225 g/mol. The zero-order chi connectivity index (χ0) is 11.4. The SMILES string of the molecule is CN(CC(=O)O)c1cc(Cl)ccc1C#N. The van der Waals surface area contributed by atoms with Crippen LogP contribution in [0.15, 0.2) is 18.2 Å². The summed E-state index contributed by atoms with van der Waals surface area (Å²) >= 11 is 5.77. The van der Waals surface area contributed by atoms with Crippen LogP contribution >= 0.6 is 11.6 Å². The number of anilines is 1. The van der Waals surface area contributed by atoms with E-state index in [2.05, 4.69) is 0 Å². The van der Waals surface area contributed by atoms with E-state index in [1.807, 2.05) is 6.07 Å². The fourth-order valence-corrected chi connectivity index (χ4v) is 1.37. The number of carbonyl (C=O) groups is 1. The fraction of sp³-hybridized carbons (Fsp3) is 0.200. The summed E-state index contributed by atoms with van der Waals surface area (Å²) in [4.78, 5) is 12.0. The molecule has 1 aromatic rings. The first-order valence-corrected chi connectivity index (χ1v) is 4.55. The minimum Gasteiger partial charge on any atom is -0.480 e. The second-order valence-electron chi connectivity index (χ2n) is 3.02. The Balaban J connectivity index is 3.06. The van der Waals surface area contributed by atoms with Crippen LogP contribution in [-0.2, 0) is 4.79 Å². The highest BCUT2D eigenvalue weighted by Gasteiger charge is 2.10. The average Bonchev–Trinajstić information content (AvgIpc) is 2.16. The van der Waals surface area contributed by atoms with Gasteiger partial charge in [-0.1, -0.05) is 11.6 Å². The highest BCUT2D eigenvalue weighted by Crippen LogP contribution is 2.23. The van der Waals surface area contributed by atoms with Gasteiger partial charge in [0, 0.05) is 12.1 Å². The predicted molar refractivity (Wildman–Crippen MR) is 57.1 cm³/mol. The highest BCUT2D eigenvalue weighted by atomic mass is 35.5. The number of likely N-dealkylation sites (N-methyl/N-ethyl adjacent to an activating group) is 1. The number of rotatable bonds is 3. The number of halogens is 1. The van der Waals surface area contributed by atoms with Crippen LogP contribution in [0, 0.1) is 11.3 Å². The van der Waals surface area contributed by atoms with Gasteiger partial charge in [0.25, 0.3) is 0 Å². The van der Waals surface area contributed by atoms with Crippen LogP contribution in [0.2, 0.25) is 5.02 Å². The summed E-state index contributed by atoms with van der Waals surface area (Å²) in [5, 5.41) is 17.9. The smallest absolute Gasteiger partial charge is 0.323 e.